The highest BCUT2D eigenvalue weighted by atomic mass is 19.4. The Labute approximate surface area is 141 Å². The molecule has 0 aromatic rings. The van der Waals surface area contributed by atoms with E-state index in [1.54, 1.807) is 0 Å². The lowest BCUT2D eigenvalue weighted by atomic mass is 9.68. The van der Waals surface area contributed by atoms with Crippen molar-refractivity contribution >= 4 is 0 Å². The number of aliphatic hydroxyl groups excluding tert-OH is 1. The van der Waals surface area contributed by atoms with Gasteiger partial charge in [0.15, 0.2) is 0 Å². The van der Waals surface area contributed by atoms with Crippen LogP contribution in [0.5, 0.6) is 0 Å². The van der Waals surface area contributed by atoms with E-state index in [4.69, 9.17) is 10.2 Å². The molecular formula is C17H21F5O3. The molecule has 0 aromatic carbocycles. The van der Waals surface area contributed by atoms with Crippen LogP contribution in [0.4, 0.5) is 22.0 Å². The molecule has 0 spiro atoms. The highest BCUT2D eigenvalue weighted by molar-refractivity contribution is 5.20. The lowest BCUT2D eigenvalue weighted by molar-refractivity contribution is -0.429. The van der Waals surface area contributed by atoms with Gasteiger partial charge in [-0.05, 0) is 67.1 Å². The van der Waals surface area contributed by atoms with Crippen molar-refractivity contribution < 1.29 is 37.3 Å². The smallest absolute Gasteiger partial charge is 0.387 e. The molecule has 8 unspecified atom stereocenters. The largest absolute Gasteiger partial charge is 0.449 e. The molecule has 0 radical (unpaired) electrons. The molecule has 3 N–H and O–H groups in total. The van der Waals surface area contributed by atoms with Gasteiger partial charge in [0.25, 0.3) is 0 Å². The standard InChI is InChI=1S/C17H21F5O3/c18-15(19,16(24,25)17(20,21)22)12(23)6-9-4-10-5-11(9)14-8-2-1-7(3-8)13(10)14/h1-2,7-14,23-25H,3-6H2. The Hall–Kier alpha value is -0.730. The van der Waals surface area contributed by atoms with E-state index in [1.807, 2.05) is 0 Å². The van der Waals surface area contributed by atoms with Crippen LogP contribution in [0.1, 0.15) is 25.7 Å². The molecular weight excluding hydrogens is 347 g/mol. The summed E-state index contributed by atoms with van der Waals surface area (Å²) >= 11 is 0. The zero-order chi connectivity index (χ0) is 18.4. The van der Waals surface area contributed by atoms with E-state index >= 15 is 0 Å². The highest BCUT2D eigenvalue weighted by Crippen LogP contribution is 2.67. The number of aliphatic hydroxyl groups is 3. The summed E-state index contributed by atoms with van der Waals surface area (Å²) in [6, 6.07) is 0. The van der Waals surface area contributed by atoms with Crippen molar-refractivity contribution in [2.45, 2.75) is 49.7 Å². The van der Waals surface area contributed by atoms with Gasteiger partial charge in [-0.2, -0.15) is 22.0 Å². The van der Waals surface area contributed by atoms with Crippen molar-refractivity contribution in [1.29, 1.82) is 0 Å². The summed E-state index contributed by atoms with van der Waals surface area (Å²) in [5.74, 6) is -8.27. The number of halogens is 5. The molecule has 4 bridgehead atoms. The van der Waals surface area contributed by atoms with E-state index in [1.165, 1.54) is 0 Å². The van der Waals surface area contributed by atoms with Gasteiger partial charge < -0.3 is 15.3 Å². The summed E-state index contributed by atoms with van der Waals surface area (Å²) in [7, 11) is 0. The van der Waals surface area contributed by atoms with E-state index < -0.39 is 30.4 Å². The first kappa shape index (κ1) is 17.7. The highest BCUT2D eigenvalue weighted by Gasteiger charge is 2.72. The fourth-order valence-electron chi connectivity index (χ4n) is 6.28. The molecule has 8 heteroatoms. The molecule has 142 valence electrons. The number of fused-ring (bicyclic) bond motifs is 9. The van der Waals surface area contributed by atoms with Crippen LogP contribution in [0, 0.1) is 41.4 Å². The van der Waals surface area contributed by atoms with Gasteiger partial charge in [0.05, 0.1) is 0 Å². The Kier molecular flexibility index (Phi) is 3.65. The van der Waals surface area contributed by atoms with Gasteiger partial charge in [0.2, 0.25) is 0 Å². The summed E-state index contributed by atoms with van der Waals surface area (Å²) in [5.41, 5.74) is 0. The van der Waals surface area contributed by atoms with Gasteiger partial charge in [0, 0.05) is 0 Å². The Balaban J connectivity index is 1.48. The molecule has 8 atom stereocenters. The first-order valence-electron chi connectivity index (χ1n) is 8.70. The maximum atomic E-state index is 13.9. The number of alkyl halides is 5. The molecule has 0 saturated heterocycles. The Morgan fingerprint density at radius 2 is 1.52 bits per heavy atom. The Morgan fingerprint density at radius 1 is 0.920 bits per heavy atom. The number of rotatable bonds is 4. The van der Waals surface area contributed by atoms with Gasteiger partial charge in [-0.25, -0.2) is 0 Å². The molecule has 4 rings (SSSR count). The van der Waals surface area contributed by atoms with E-state index in [0.717, 1.165) is 12.8 Å². The van der Waals surface area contributed by atoms with Crippen LogP contribution in [-0.4, -0.2) is 39.3 Å². The molecule has 3 nitrogen and oxygen atoms in total. The molecule has 4 aliphatic carbocycles. The zero-order valence-electron chi connectivity index (χ0n) is 13.3. The van der Waals surface area contributed by atoms with E-state index in [-0.39, 0.29) is 11.8 Å². The van der Waals surface area contributed by atoms with E-state index in [2.05, 4.69) is 12.2 Å². The third-order valence-electron chi connectivity index (χ3n) is 7.21. The van der Waals surface area contributed by atoms with E-state index in [9.17, 15) is 27.1 Å². The van der Waals surface area contributed by atoms with Gasteiger partial charge in [-0.3, -0.25) is 0 Å². The van der Waals surface area contributed by atoms with Gasteiger partial charge >= 0.3 is 17.9 Å². The number of allylic oxidation sites excluding steroid dienone is 2. The first-order chi connectivity index (χ1) is 11.4. The summed E-state index contributed by atoms with van der Waals surface area (Å²) in [5, 5.41) is 27.6. The van der Waals surface area contributed by atoms with E-state index in [0.29, 0.717) is 36.0 Å². The molecule has 0 amide bonds. The van der Waals surface area contributed by atoms with Crippen LogP contribution in [0.25, 0.3) is 0 Å². The van der Waals surface area contributed by atoms with Crippen molar-refractivity contribution in [3.8, 4) is 0 Å². The Morgan fingerprint density at radius 3 is 2.12 bits per heavy atom. The zero-order valence-corrected chi connectivity index (χ0v) is 13.3. The van der Waals surface area contributed by atoms with Crippen molar-refractivity contribution in [2.24, 2.45) is 41.4 Å². The predicted molar refractivity (Wildman–Crippen MR) is 76.2 cm³/mol. The molecule has 25 heavy (non-hydrogen) atoms. The van der Waals surface area contributed by atoms with Crippen molar-refractivity contribution in [3.63, 3.8) is 0 Å². The van der Waals surface area contributed by atoms with Crippen LogP contribution in [-0.2, 0) is 0 Å². The lowest BCUT2D eigenvalue weighted by Crippen LogP contribution is -2.63. The van der Waals surface area contributed by atoms with Crippen LogP contribution >= 0.6 is 0 Å². The fraction of sp³-hybridized carbons (Fsp3) is 0.882. The normalized spacial score (nSPS) is 43.8. The monoisotopic (exact) mass is 368 g/mol. The van der Waals surface area contributed by atoms with Crippen molar-refractivity contribution in [1.82, 2.24) is 0 Å². The number of hydrogen-bond donors (Lipinski definition) is 3. The molecule has 3 saturated carbocycles. The van der Waals surface area contributed by atoms with Crippen LogP contribution in [0.15, 0.2) is 12.2 Å². The average molecular weight is 368 g/mol. The SMILES string of the molecule is OC(CC1CC2CC1C1C3C=CC(C3)C21)C(F)(F)C(O)(O)C(F)(F)F. The lowest BCUT2D eigenvalue weighted by Gasteiger charge is -2.40. The van der Waals surface area contributed by atoms with Crippen molar-refractivity contribution in [3.05, 3.63) is 12.2 Å². The second-order valence-electron chi connectivity index (χ2n) is 8.30. The molecule has 0 aliphatic heterocycles. The topological polar surface area (TPSA) is 60.7 Å². The third-order valence-corrected chi connectivity index (χ3v) is 7.21. The molecule has 3 fully saturated rings. The first-order valence-corrected chi connectivity index (χ1v) is 8.70. The number of hydrogen-bond acceptors (Lipinski definition) is 3. The van der Waals surface area contributed by atoms with Crippen molar-refractivity contribution in [2.75, 3.05) is 0 Å². The summed E-state index contributed by atoms with van der Waals surface area (Å²) in [6.45, 7) is 0. The third kappa shape index (κ3) is 2.26. The van der Waals surface area contributed by atoms with Gasteiger partial charge in [-0.1, -0.05) is 12.2 Å². The van der Waals surface area contributed by atoms with Gasteiger partial charge in [0.1, 0.15) is 6.10 Å². The van der Waals surface area contributed by atoms with Crippen LogP contribution < -0.4 is 0 Å². The second kappa shape index (κ2) is 5.16. The summed E-state index contributed by atoms with van der Waals surface area (Å²) < 4.78 is 65.4. The summed E-state index contributed by atoms with van der Waals surface area (Å²) in [6.07, 6.45) is -2.31. The molecule has 0 aromatic heterocycles. The Bertz CT molecular complexity index is 587. The summed E-state index contributed by atoms with van der Waals surface area (Å²) in [4.78, 5) is 0. The fourth-order valence-corrected chi connectivity index (χ4v) is 6.28. The molecule has 4 aliphatic rings. The quantitative estimate of drug-likeness (QED) is 0.310. The van der Waals surface area contributed by atoms with Crippen LogP contribution in [0.3, 0.4) is 0 Å². The van der Waals surface area contributed by atoms with Gasteiger partial charge in [-0.15, -0.1) is 0 Å². The predicted octanol–water partition coefficient (Wildman–Crippen LogP) is 2.71. The second-order valence-corrected chi connectivity index (χ2v) is 8.30. The minimum Gasteiger partial charge on any atom is -0.387 e. The minimum absolute atomic E-state index is 0.123. The van der Waals surface area contributed by atoms with Crippen LogP contribution in [0.2, 0.25) is 0 Å². The molecule has 0 heterocycles. The minimum atomic E-state index is -5.95. The average Bonchev–Trinajstić information content (AvgIpc) is 3.24. The maximum Gasteiger partial charge on any atom is 0.449 e. The maximum absolute atomic E-state index is 13.9.